The molecular formula is C42H46N4O6Si. The molecule has 0 bridgehead atoms. The van der Waals surface area contributed by atoms with Crippen molar-refractivity contribution in [1.29, 1.82) is 0 Å². The Hall–Kier alpha value is -4.97. The van der Waals surface area contributed by atoms with Gasteiger partial charge in [-0.3, -0.25) is 19.5 Å². The number of anilines is 1. The van der Waals surface area contributed by atoms with Crippen LogP contribution in [-0.2, 0) is 26.5 Å². The number of para-hydroxylation sites is 1. The number of nitrogens with zero attached hydrogens (tertiary/aromatic N) is 3. The maximum Gasteiger partial charge on any atom is 0.279 e. The lowest BCUT2D eigenvalue weighted by Crippen LogP contribution is -2.52. The monoisotopic (exact) mass is 730 g/mol. The van der Waals surface area contributed by atoms with Crippen LogP contribution in [0.2, 0.25) is 18.6 Å². The largest absolute Gasteiger partial charge is 0.497 e. The molecule has 1 aromatic heterocycles. The van der Waals surface area contributed by atoms with Crippen LogP contribution in [0.1, 0.15) is 37.3 Å². The van der Waals surface area contributed by atoms with Gasteiger partial charge in [0.05, 0.1) is 69.2 Å². The number of aliphatic hydroxyl groups is 1. The standard InChI is InChI=1S/C42H46N4O6Si/c1-27-39(53(3,4)32-19-17-31(51-2)18-20-32)37(24-38(48)44-22-10-13-30(44)26-47)52-42(27)34-23-29(46-40(49)33-14-8-9-15-35(33)43-46)16-21-36(34)45(41(42)50)25-28-11-6-5-7-12-28/h5-9,11-12,14-21,23,27,30,37,39,43,47H,10,13,22,24-26H2,1-4H3/t27-,30-,37+,39-,42+/m0/s1. The number of H-pyrrole nitrogens is 1. The molecule has 53 heavy (non-hydrogen) atoms. The van der Waals surface area contributed by atoms with Crippen LogP contribution in [0.25, 0.3) is 16.6 Å². The number of aromatic nitrogens is 2. The zero-order valence-corrected chi connectivity index (χ0v) is 31.6. The summed E-state index contributed by atoms with van der Waals surface area (Å²) in [6.07, 6.45) is 1.13. The van der Waals surface area contributed by atoms with Crippen molar-refractivity contribution >= 4 is 41.7 Å². The van der Waals surface area contributed by atoms with Crippen LogP contribution < -0.4 is 20.4 Å². The smallest absolute Gasteiger partial charge is 0.279 e. The number of nitrogens with one attached hydrogen (secondary N) is 1. The molecule has 0 saturated carbocycles. The van der Waals surface area contributed by atoms with Crippen LogP contribution in [0, 0.1) is 5.92 Å². The van der Waals surface area contributed by atoms with Crippen LogP contribution in [0.3, 0.4) is 0 Å². The van der Waals surface area contributed by atoms with E-state index in [-0.39, 0.29) is 47.9 Å². The summed E-state index contributed by atoms with van der Waals surface area (Å²) in [5, 5.41) is 15.1. The number of carbonyl (C=O) groups excluding carboxylic acids is 2. The maximum absolute atomic E-state index is 15.3. The summed E-state index contributed by atoms with van der Waals surface area (Å²) >= 11 is 0. The summed E-state index contributed by atoms with van der Waals surface area (Å²) < 4.78 is 14.3. The Morgan fingerprint density at radius 1 is 1.00 bits per heavy atom. The highest BCUT2D eigenvalue weighted by Gasteiger charge is 2.66. The van der Waals surface area contributed by atoms with Crippen molar-refractivity contribution in [1.82, 2.24) is 14.7 Å². The Morgan fingerprint density at radius 3 is 2.45 bits per heavy atom. The van der Waals surface area contributed by atoms with Gasteiger partial charge in [-0.05, 0) is 66.4 Å². The number of amides is 2. The molecule has 2 amide bonds. The van der Waals surface area contributed by atoms with Gasteiger partial charge >= 0.3 is 0 Å². The molecule has 5 atom stereocenters. The van der Waals surface area contributed by atoms with Crippen molar-refractivity contribution in [2.45, 2.75) is 69.1 Å². The van der Waals surface area contributed by atoms with Crippen LogP contribution in [0.4, 0.5) is 5.69 Å². The molecule has 0 aliphatic carbocycles. The van der Waals surface area contributed by atoms with Gasteiger partial charge in [0.15, 0.2) is 5.60 Å². The summed E-state index contributed by atoms with van der Waals surface area (Å²) in [4.78, 5) is 46.8. The van der Waals surface area contributed by atoms with E-state index >= 15 is 4.79 Å². The highest BCUT2D eigenvalue weighted by molar-refractivity contribution is 6.91. The predicted octanol–water partition coefficient (Wildman–Crippen LogP) is 5.46. The normalized spacial score (nSPS) is 24.1. The Kier molecular flexibility index (Phi) is 8.91. The molecule has 274 valence electrons. The van der Waals surface area contributed by atoms with Gasteiger partial charge in [-0.25, -0.2) is 4.68 Å². The van der Waals surface area contributed by atoms with E-state index in [1.807, 2.05) is 83.8 Å². The summed E-state index contributed by atoms with van der Waals surface area (Å²) in [7, 11) is -0.873. The second kappa shape index (κ2) is 13.5. The molecule has 3 aliphatic heterocycles. The Labute approximate surface area is 309 Å². The molecule has 5 aromatic rings. The summed E-state index contributed by atoms with van der Waals surface area (Å²) in [5.74, 6) is 0.195. The number of methoxy groups -OCH3 is 1. The molecule has 2 N–H and O–H groups in total. The predicted molar refractivity (Wildman–Crippen MR) is 208 cm³/mol. The number of rotatable bonds is 9. The van der Waals surface area contributed by atoms with Gasteiger partial charge in [0.1, 0.15) is 5.75 Å². The number of aromatic amines is 1. The first-order valence-electron chi connectivity index (χ1n) is 18.5. The second-order valence-corrected chi connectivity index (χ2v) is 20.0. The van der Waals surface area contributed by atoms with E-state index in [2.05, 4.69) is 37.2 Å². The van der Waals surface area contributed by atoms with Crippen molar-refractivity contribution in [2.75, 3.05) is 25.2 Å². The molecular weight excluding hydrogens is 685 g/mol. The molecule has 8 rings (SSSR count). The Balaban J connectivity index is 1.28. The van der Waals surface area contributed by atoms with Crippen molar-refractivity contribution in [2.24, 2.45) is 5.92 Å². The van der Waals surface area contributed by atoms with E-state index in [1.54, 1.807) is 18.1 Å². The van der Waals surface area contributed by atoms with Crippen molar-refractivity contribution in [3.8, 4) is 11.4 Å². The minimum Gasteiger partial charge on any atom is -0.497 e. The van der Waals surface area contributed by atoms with Gasteiger partial charge in [0, 0.05) is 18.0 Å². The lowest BCUT2D eigenvalue weighted by molar-refractivity contribution is -0.150. The minimum absolute atomic E-state index is 0.0643. The van der Waals surface area contributed by atoms with Crippen molar-refractivity contribution < 1.29 is 24.2 Å². The zero-order valence-electron chi connectivity index (χ0n) is 30.6. The van der Waals surface area contributed by atoms with Gasteiger partial charge in [-0.2, -0.15) is 0 Å². The van der Waals surface area contributed by atoms with E-state index in [9.17, 15) is 14.7 Å². The number of hydrogen-bond donors (Lipinski definition) is 2. The van der Waals surface area contributed by atoms with Crippen LogP contribution in [0.5, 0.6) is 5.75 Å². The fourth-order valence-corrected chi connectivity index (χ4v) is 13.5. The van der Waals surface area contributed by atoms with Gasteiger partial charge in [-0.1, -0.05) is 79.8 Å². The Morgan fingerprint density at radius 2 is 1.74 bits per heavy atom. The second-order valence-electron chi connectivity index (χ2n) is 15.3. The lowest BCUT2D eigenvalue weighted by atomic mass is 9.82. The van der Waals surface area contributed by atoms with E-state index < -0.39 is 19.8 Å². The topological polar surface area (TPSA) is 117 Å². The van der Waals surface area contributed by atoms with Gasteiger partial charge in [0.25, 0.3) is 11.5 Å². The molecule has 4 aromatic carbocycles. The number of benzene rings is 4. The third-order valence-electron chi connectivity index (χ3n) is 12.1. The molecule has 3 aliphatic rings. The number of ether oxygens (including phenoxy) is 2. The van der Waals surface area contributed by atoms with Crippen LogP contribution >= 0.6 is 0 Å². The average Bonchev–Trinajstić information content (AvgIpc) is 3.92. The first kappa shape index (κ1) is 35.1. The quantitative estimate of drug-likeness (QED) is 0.195. The molecule has 11 heteroatoms. The zero-order chi connectivity index (χ0) is 37.1. The number of carbonyl (C=O) groups is 2. The summed E-state index contributed by atoms with van der Waals surface area (Å²) in [6.45, 7) is 7.56. The fourth-order valence-electron chi connectivity index (χ4n) is 9.45. The number of aliphatic hydroxyl groups excluding tert-OH is 1. The van der Waals surface area contributed by atoms with Crippen LogP contribution in [0.15, 0.2) is 102 Å². The first-order valence-corrected chi connectivity index (χ1v) is 21.6. The molecule has 2 saturated heterocycles. The van der Waals surface area contributed by atoms with E-state index in [0.29, 0.717) is 35.2 Å². The number of hydrogen-bond acceptors (Lipinski definition) is 6. The lowest BCUT2D eigenvalue weighted by Gasteiger charge is -2.37. The highest BCUT2D eigenvalue weighted by atomic mass is 28.3. The van der Waals surface area contributed by atoms with Crippen molar-refractivity contribution in [3.05, 3.63) is 119 Å². The number of likely N-dealkylation sites (tertiary alicyclic amines) is 1. The van der Waals surface area contributed by atoms with Gasteiger partial charge < -0.3 is 24.4 Å². The van der Waals surface area contributed by atoms with Crippen LogP contribution in [-0.4, -0.2) is 72.1 Å². The number of fused-ring (bicyclic) bond motifs is 3. The molecule has 1 spiro atoms. The van der Waals surface area contributed by atoms with Crippen molar-refractivity contribution in [3.63, 3.8) is 0 Å². The fraction of sp³-hybridized carbons (Fsp3) is 0.357. The van der Waals surface area contributed by atoms with Gasteiger partial charge in [-0.15, -0.1) is 0 Å². The third-order valence-corrected chi connectivity index (χ3v) is 16.5. The van der Waals surface area contributed by atoms with E-state index in [0.717, 1.165) is 29.8 Å². The first-order chi connectivity index (χ1) is 25.6. The minimum atomic E-state index is -2.52. The summed E-state index contributed by atoms with van der Waals surface area (Å²) in [6, 6.07) is 31.0. The maximum atomic E-state index is 15.3. The molecule has 4 heterocycles. The van der Waals surface area contributed by atoms with E-state index in [1.165, 1.54) is 9.87 Å². The highest BCUT2D eigenvalue weighted by Crippen LogP contribution is 2.60. The molecule has 0 unspecified atom stereocenters. The van der Waals surface area contributed by atoms with E-state index in [4.69, 9.17) is 9.47 Å². The SMILES string of the molecule is COc1ccc([Si](C)(C)[C@@H]2[C@@H](CC(=O)N3CCC[C@H]3CO)O[C@]3(C(=O)N(Cc4ccccc4)c4ccc(-n5[nH]c6ccccc6c5=O)cc43)[C@H]2C)cc1. The molecule has 2 fully saturated rings. The third kappa shape index (κ3) is 5.64. The Bertz CT molecular complexity index is 2230. The molecule has 10 nitrogen and oxygen atoms in total. The average molecular weight is 731 g/mol. The summed E-state index contributed by atoms with van der Waals surface area (Å²) in [5.41, 5.74) is 1.97. The van der Waals surface area contributed by atoms with Gasteiger partial charge in [0.2, 0.25) is 5.91 Å². The molecule has 0 radical (unpaired) electrons.